The van der Waals surface area contributed by atoms with Crippen molar-refractivity contribution in [2.75, 3.05) is 18.0 Å². The minimum absolute atomic E-state index is 0.565. The monoisotopic (exact) mass is 366 g/mol. The molecule has 1 fully saturated rings. The molecule has 0 N–H and O–H groups in total. The quantitative estimate of drug-likeness (QED) is 0.710. The van der Waals surface area contributed by atoms with Gasteiger partial charge in [0, 0.05) is 36.8 Å². The highest BCUT2D eigenvalue weighted by Gasteiger charge is 2.30. The van der Waals surface area contributed by atoms with Gasteiger partial charge in [0.25, 0.3) is 6.01 Å². The van der Waals surface area contributed by atoms with E-state index in [0.717, 1.165) is 35.2 Å². The van der Waals surface area contributed by atoms with Crippen LogP contribution in [0.2, 0.25) is 5.02 Å². The Morgan fingerprint density at radius 2 is 2.24 bits per heavy atom. The molecule has 4 rings (SSSR count). The topological polar surface area (TPSA) is 47.1 Å². The number of hydrogen-bond donors (Lipinski definition) is 0. The fraction of sp³-hybridized carbons (Fsp3) is 0.286. The molecule has 0 unspecified atom stereocenters. The molecular weight excluding hydrogens is 356 g/mol. The van der Waals surface area contributed by atoms with Crippen molar-refractivity contribution >= 4 is 44.6 Å². The van der Waals surface area contributed by atoms with Gasteiger partial charge in [-0.15, -0.1) is 0 Å². The summed E-state index contributed by atoms with van der Waals surface area (Å²) < 4.78 is 8.72. The Labute approximate surface area is 134 Å². The number of fused-ring (bicyclic) bond motifs is 1. The van der Waals surface area contributed by atoms with Crippen LogP contribution >= 0.6 is 27.5 Å². The number of nitrogens with zero attached hydrogens (tertiary/aromatic N) is 4. The SMILES string of the molecule is Clc1ccc2oc(N3CC(Cn4cc(Br)cn4)C3)nc2c1. The van der Waals surface area contributed by atoms with Gasteiger partial charge in [0.15, 0.2) is 5.58 Å². The van der Waals surface area contributed by atoms with Gasteiger partial charge < -0.3 is 9.32 Å². The predicted molar refractivity (Wildman–Crippen MR) is 84.6 cm³/mol. The van der Waals surface area contributed by atoms with Gasteiger partial charge in [-0.25, -0.2) is 0 Å². The molecule has 0 atom stereocenters. The maximum absolute atomic E-state index is 5.96. The largest absolute Gasteiger partial charge is 0.423 e. The molecular formula is C14H12BrClN4O. The molecule has 1 saturated heterocycles. The van der Waals surface area contributed by atoms with Crippen molar-refractivity contribution in [1.82, 2.24) is 14.8 Å². The first-order valence-electron chi connectivity index (χ1n) is 6.66. The predicted octanol–water partition coefficient (Wildman–Crippen LogP) is 3.58. The van der Waals surface area contributed by atoms with Gasteiger partial charge in [-0.05, 0) is 34.1 Å². The second kappa shape index (κ2) is 5.03. The summed E-state index contributed by atoms with van der Waals surface area (Å²) in [7, 11) is 0. The molecule has 3 aromatic rings. The fourth-order valence-corrected chi connectivity index (χ4v) is 3.06. The Bertz CT molecular complexity index is 793. The van der Waals surface area contributed by atoms with Crippen molar-refractivity contribution in [3.05, 3.63) is 40.1 Å². The number of oxazole rings is 1. The van der Waals surface area contributed by atoms with Gasteiger partial charge in [-0.2, -0.15) is 10.1 Å². The van der Waals surface area contributed by atoms with E-state index in [-0.39, 0.29) is 0 Å². The van der Waals surface area contributed by atoms with E-state index in [2.05, 4.69) is 30.9 Å². The zero-order chi connectivity index (χ0) is 14.4. The second-order valence-electron chi connectivity index (χ2n) is 5.26. The standard InChI is InChI=1S/C14H12BrClN4O/c15-10-4-17-20(8-10)7-9-5-19(6-9)14-18-12-3-11(16)1-2-13(12)21-14/h1-4,8-9H,5-7H2. The maximum Gasteiger partial charge on any atom is 0.298 e. The van der Waals surface area contributed by atoms with Gasteiger partial charge in [0.1, 0.15) is 5.52 Å². The third-order valence-corrected chi connectivity index (χ3v) is 4.26. The molecule has 1 aliphatic rings. The summed E-state index contributed by atoms with van der Waals surface area (Å²) >= 11 is 9.37. The molecule has 1 aliphatic heterocycles. The molecule has 3 heterocycles. The average molecular weight is 368 g/mol. The lowest BCUT2D eigenvalue weighted by atomic mass is 10.0. The number of aromatic nitrogens is 3. The van der Waals surface area contributed by atoms with Gasteiger partial charge >= 0.3 is 0 Å². The first-order chi connectivity index (χ1) is 10.2. The molecule has 0 saturated carbocycles. The summed E-state index contributed by atoms with van der Waals surface area (Å²) in [6.07, 6.45) is 3.80. The van der Waals surface area contributed by atoms with Gasteiger partial charge in [-0.3, -0.25) is 4.68 Å². The van der Waals surface area contributed by atoms with E-state index >= 15 is 0 Å². The Morgan fingerprint density at radius 3 is 3.00 bits per heavy atom. The number of benzene rings is 1. The van der Waals surface area contributed by atoms with Crippen LogP contribution < -0.4 is 4.90 Å². The normalized spacial score (nSPS) is 15.6. The summed E-state index contributed by atoms with van der Waals surface area (Å²) in [4.78, 5) is 6.62. The summed E-state index contributed by atoms with van der Waals surface area (Å²) in [6.45, 7) is 2.77. The van der Waals surface area contributed by atoms with Crippen molar-refractivity contribution in [2.24, 2.45) is 5.92 Å². The van der Waals surface area contributed by atoms with Crippen LogP contribution in [0.15, 0.2) is 39.5 Å². The molecule has 108 valence electrons. The summed E-state index contributed by atoms with van der Waals surface area (Å²) in [5.74, 6) is 0.565. The Balaban J connectivity index is 1.44. The molecule has 0 bridgehead atoms. The van der Waals surface area contributed by atoms with E-state index in [1.165, 1.54) is 0 Å². The van der Waals surface area contributed by atoms with Crippen molar-refractivity contribution in [1.29, 1.82) is 0 Å². The van der Waals surface area contributed by atoms with E-state index in [1.807, 2.05) is 29.1 Å². The van der Waals surface area contributed by atoms with Crippen LogP contribution in [0.4, 0.5) is 6.01 Å². The Hall–Kier alpha value is -1.53. The van der Waals surface area contributed by atoms with Gasteiger partial charge in [-0.1, -0.05) is 11.6 Å². The molecule has 7 heteroatoms. The first-order valence-corrected chi connectivity index (χ1v) is 7.83. The molecule has 5 nitrogen and oxygen atoms in total. The number of anilines is 1. The molecule has 0 amide bonds. The van der Waals surface area contributed by atoms with Crippen LogP contribution in [0, 0.1) is 5.92 Å². The van der Waals surface area contributed by atoms with E-state index in [1.54, 1.807) is 6.20 Å². The number of halogens is 2. The van der Waals surface area contributed by atoms with Crippen molar-refractivity contribution < 1.29 is 4.42 Å². The molecule has 21 heavy (non-hydrogen) atoms. The average Bonchev–Trinajstić information content (AvgIpc) is 2.98. The van der Waals surface area contributed by atoms with Crippen LogP contribution in [-0.2, 0) is 6.54 Å². The lowest BCUT2D eigenvalue weighted by molar-refractivity contribution is 0.325. The summed E-state index contributed by atoms with van der Waals surface area (Å²) in [5.41, 5.74) is 1.57. The van der Waals surface area contributed by atoms with Crippen molar-refractivity contribution in [3.63, 3.8) is 0 Å². The minimum Gasteiger partial charge on any atom is -0.423 e. The van der Waals surface area contributed by atoms with Crippen LogP contribution in [0.25, 0.3) is 11.1 Å². The summed E-state index contributed by atoms with van der Waals surface area (Å²) in [5, 5.41) is 4.95. The van der Waals surface area contributed by atoms with Crippen molar-refractivity contribution in [2.45, 2.75) is 6.54 Å². The lowest BCUT2D eigenvalue weighted by Gasteiger charge is -2.37. The molecule has 0 radical (unpaired) electrons. The molecule has 0 aliphatic carbocycles. The van der Waals surface area contributed by atoms with E-state index in [0.29, 0.717) is 17.0 Å². The molecule has 0 spiro atoms. The van der Waals surface area contributed by atoms with Gasteiger partial charge in [0.2, 0.25) is 0 Å². The highest BCUT2D eigenvalue weighted by molar-refractivity contribution is 9.10. The Kier molecular flexibility index (Phi) is 3.15. The smallest absolute Gasteiger partial charge is 0.298 e. The van der Waals surface area contributed by atoms with E-state index in [4.69, 9.17) is 16.0 Å². The maximum atomic E-state index is 5.96. The third-order valence-electron chi connectivity index (χ3n) is 3.61. The second-order valence-corrected chi connectivity index (χ2v) is 6.61. The van der Waals surface area contributed by atoms with E-state index < -0.39 is 0 Å². The van der Waals surface area contributed by atoms with Crippen molar-refractivity contribution in [3.8, 4) is 0 Å². The van der Waals surface area contributed by atoms with Crippen LogP contribution in [0.3, 0.4) is 0 Å². The number of rotatable bonds is 3. The zero-order valence-electron chi connectivity index (χ0n) is 11.0. The van der Waals surface area contributed by atoms with Gasteiger partial charge in [0.05, 0.1) is 10.7 Å². The van der Waals surface area contributed by atoms with Crippen LogP contribution in [0.1, 0.15) is 0 Å². The Morgan fingerprint density at radius 1 is 1.38 bits per heavy atom. The minimum atomic E-state index is 0.565. The highest BCUT2D eigenvalue weighted by Crippen LogP contribution is 2.29. The fourth-order valence-electron chi connectivity index (χ4n) is 2.57. The lowest BCUT2D eigenvalue weighted by Crippen LogP contribution is -2.48. The molecule has 2 aromatic heterocycles. The molecule has 1 aromatic carbocycles. The first kappa shape index (κ1) is 13.2. The van der Waals surface area contributed by atoms with Crippen LogP contribution in [0.5, 0.6) is 0 Å². The number of hydrogen-bond acceptors (Lipinski definition) is 4. The highest BCUT2D eigenvalue weighted by atomic mass is 79.9. The third kappa shape index (κ3) is 2.53. The van der Waals surface area contributed by atoms with Crippen LogP contribution in [-0.4, -0.2) is 27.9 Å². The zero-order valence-corrected chi connectivity index (χ0v) is 13.4. The van der Waals surface area contributed by atoms with E-state index in [9.17, 15) is 0 Å². The summed E-state index contributed by atoms with van der Waals surface area (Å²) in [6, 6.07) is 6.16.